The molecule has 1 aliphatic rings. The van der Waals surface area contributed by atoms with E-state index in [0.717, 1.165) is 32.0 Å². The number of nitrogens with two attached hydrogens (primary N) is 1. The quantitative estimate of drug-likeness (QED) is 0.922. The maximum absolute atomic E-state index is 13.8. The molecular formula is C15H20F2N2O. The maximum atomic E-state index is 13.8. The van der Waals surface area contributed by atoms with E-state index in [1.54, 1.807) is 0 Å². The number of benzene rings is 1. The molecule has 1 saturated heterocycles. The number of carbonyl (C=O) groups is 1. The van der Waals surface area contributed by atoms with Crippen LogP contribution in [-0.4, -0.2) is 23.9 Å². The summed E-state index contributed by atoms with van der Waals surface area (Å²) in [5.41, 5.74) is 5.72. The summed E-state index contributed by atoms with van der Waals surface area (Å²) in [4.78, 5) is 13.1. The van der Waals surface area contributed by atoms with Crippen LogP contribution in [0.25, 0.3) is 0 Å². The summed E-state index contributed by atoms with van der Waals surface area (Å²) in [5, 5.41) is 0. The second-order valence-corrected chi connectivity index (χ2v) is 5.49. The number of hydrogen-bond acceptors (Lipinski definition) is 2. The molecule has 0 aromatic heterocycles. The number of likely N-dealkylation sites (tertiary alicyclic amines) is 1. The number of halogens is 2. The number of hydrogen-bond donors (Lipinski definition) is 1. The molecule has 110 valence electrons. The highest BCUT2D eigenvalue weighted by Gasteiger charge is 2.25. The third-order valence-electron chi connectivity index (χ3n) is 4.10. The van der Waals surface area contributed by atoms with Crippen LogP contribution in [-0.2, 0) is 4.79 Å². The Morgan fingerprint density at radius 1 is 1.40 bits per heavy atom. The van der Waals surface area contributed by atoms with Gasteiger partial charge in [-0.1, -0.05) is 6.07 Å². The van der Waals surface area contributed by atoms with E-state index >= 15 is 0 Å². The minimum Gasteiger partial charge on any atom is -0.370 e. The molecule has 0 unspecified atom stereocenters. The van der Waals surface area contributed by atoms with Crippen molar-refractivity contribution in [1.82, 2.24) is 4.90 Å². The largest absolute Gasteiger partial charge is 0.370 e. The second-order valence-electron chi connectivity index (χ2n) is 5.49. The van der Waals surface area contributed by atoms with Crippen molar-refractivity contribution in [3.8, 4) is 0 Å². The number of piperidine rings is 1. The molecule has 0 radical (unpaired) electrons. The van der Waals surface area contributed by atoms with Gasteiger partial charge in [-0.15, -0.1) is 0 Å². The van der Waals surface area contributed by atoms with Crippen molar-refractivity contribution in [2.75, 3.05) is 13.1 Å². The first-order chi connectivity index (χ1) is 9.47. The highest BCUT2D eigenvalue weighted by Crippen LogP contribution is 2.29. The smallest absolute Gasteiger partial charge is 0.217 e. The lowest BCUT2D eigenvalue weighted by Crippen LogP contribution is -2.37. The van der Waals surface area contributed by atoms with Gasteiger partial charge in [-0.2, -0.15) is 0 Å². The Kier molecular flexibility index (Phi) is 4.70. The van der Waals surface area contributed by atoms with Crippen LogP contribution in [0, 0.1) is 17.6 Å². The lowest BCUT2D eigenvalue weighted by atomic mass is 9.91. The third-order valence-corrected chi connectivity index (χ3v) is 4.10. The van der Waals surface area contributed by atoms with E-state index in [1.165, 1.54) is 12.1 Å². The molecule has 1 fully saturated rings. The van der Waals surface area contributed by atoms with Crippen LogP contribution in [0.3, 0.4) is 0 Å². The molecule has 20 heavy (non-hydrogen) atoms. The SMILES string of the molecule is C[C@@H](c1ccc(F)cc1F)N1CCC(CC(N)=O)CC1. The van der Waals surface area contributed by atoms with E-state index in [0.29, 0.717) is 17.9 Å². The fourth-order valence-corrected chi connectivity index (χ4v) is 2.87. The summed E-state index contributed by atoms with van der Waals surface area (Å²) in [6.07, 6.45) is 2.19. The molecule has 0 saturated carbocycles. The van der Waals surface area contributed by atoms with E-state index in [2.05, 4.69) is 4.90 Å². The van der Waals surface area contributed by atoms with Crippen LogP contribution >= 0.6 is 0 Å². The monoisotopic (exact) mass is 282 g/mol. The van der Waals surface area contributed by atoms with Crippen LogP contribution < -0.4 is 5.73 Å². The van der Waals surface area contributed by atoms with Gasteiger partial charge in [0.2, 0.25) is 5.91 Å². The molecule has 1 aliphatic heterocycles. The third kappa shape index (κ3) is 3.54. The molecule has 1 heterocycles. The zero-order valence-electron chi connectivity index (χ0n) is 11.6. The zero-order chi connectivity index (χ0) is 14.7. The molecule has 0 aliphatic carbocycles. The average molecular weight is 282 g/mol. The summed E-state index contributed by atoms with van der Waals surface area (Å²) in [6.45, 7) is 3.52. The fraction of sp³-hybridized carbons (Fsp3) is 0.533. The topological polar surface area (TPSA) is 46.3 Å². The first kappa shape index (κ1) is 14.9. The van der Waals surface area contributed by atoms with E-state index in [4.69, 9.17) is 5.73 Å². The molecule has 3 nitrogen and oxygen atoms in total. The number of carbonyl (C=O) groups excluding carboxylic acids is 1. The van der Waals surface area contributed by atoms with E-state index in [1.807, 2.05) is 6.92 Å². The van der Waals surface area contributed by atoms with Crippen molar-refractivity contribution in [3.63, 3.8) is 0 Å². The van der Waals surface area contributed by atoms with Gasteiger partial charge in [0.1, 0.15) is 11.6 Å². The van der Waals surface area contributed by atoms with Crippen molar-refractivity contribution in [1.29, 1.82) is 0 Å². The molecular weight excluding hydrogens is 262 g/mol. The Balaban J connectivity index is 1.97. The van der Waals surface area contributed by atoms with Gasteiger partial charge in [0.25, 0.3) is 0 Å². The van der Waals surface area contributed by atoms with Crippen LogP contribution in [0.5, 0.6) is 0 Å². The van der Waals surface area contributed by atoms with Gasteiger partial charge >= 0.3 is 0 Å². The van der Waals surface area contributed by atoms with Gasteiger partial charge in [0.15, 0.2) is 0 Å². The predicted molar refractivity (Wildman–Crippen MR) is 72.9 cm³/mol. The molecule has 5 heteroatoms. The van der Waals surface area contributed by atoms with Crippen LogP contribution in [0.4, 0.5) is 8.78 Å². The molecule has 0 spiro atoms. The van der Waals surface area contributed by atoms with Crippen LogP contribution in [0.15, 0.2) is 18.2 Å². The Bertz CT molecular complexity index is 485. The van der Waals surface area contributed by atoms with E-state index in [-0.39, 0.29) is 11.9 Å². The normalized spacial score (nSPS) is 18.9. The standard InChI is InChI=1S/C15H20F2N2O/c1-10(13-3-2-12(16)9-14(13)17)19-6-4-11(5-7-19)8-15(18)20/h2-3,9-11H,4-8H2,1H3,(H2,18,20)/t10-/m0/s1. The van der Waals surface area contributed by atoms with Crippen molar-refractivity contribution >= 4 is 5.91 Å². The average Bonchev–Trinajstić information content (AvgIpc) is 2.38. The van der Waals surface area contributed by atoms with Gasteiger partial charge in [-0.3, -0.25) is 9.69 Å². The minimum absolute atomic E-state index is 0.0925. The highest BCUT2D eigenvalue weighted by atomic mass is 19.1. The van der Waals surface area contributed by atoms with Crippen LogP contribution in [0.2, 0.25) is 0 Å². The molecule has 1 atom stereocenters. The highest BCUT2D eigenvalue weighted by molar-refractivity contribution is 5.73. The molecule has 2 rings (SSSR count). The van der Waals surface area contributed by atoms with Crippen molar-refractivity contribution in [3.05, 3.63) is 35.4 Å². The summed E-state index contributed by atoms with van der Waals surface area (Å²) >= 11 is 0. The number of primary amides is 1. The van der Waals surface area contributed by atoms with Crippen LogP contribution in [0.1, 0.15) is 37.8 Å². The summed E-state index contributed by atoms with van der Waals surface area (Å²) < 4.78 is 26.7. The summed E-state index contributed by atoms with van der Waals surface area (Å²) in [5.74, 6) is -0.995. The van der Waals surface area contributed by atoms with Gasteiger partial charge in [-0.05, 0) is 44.8 Å². The van der Waals surface area contributed by atoms with Gasteiger partial charge in [0.05, 0.1) is 0 Å². The summed E-state index contributed by atoms with van der Waals surface area (Å²) in [6, 6.07) is 3.62. The number of nitrogens with zero attached hydrogens (tertiary/aromatic N) is 1. The van der Waals surface area contributed by atoms with Crippen molar-refractivity contribution in [2.45, 2.75) is 32.2 Å². The minimum atomic E-state index is -0.557. The Labute approximate surface area is 117 Å². The Hall–Kier alpha value is -1.49. The number of rotatable bonds is 4. The first-order valence-corrected chi connectivity index (χ1v) is 6.94. The first-order valence-electron chi connectivity index (χ1n) is 6.94. The Morgan fingerprint density at radius 3 is 2.60 bits per heavy atom. The Morgan fingerprint density at radius 2 is 2.05 bits per heavy atom. The van der Waals surface area contributed by atoms with Gasteiger partial charge in [-0.25, -0.2) is 8.78 Å². The lowest BCUT2D eigenvalue weighted by molar-refractivity contribution is -0.119. The van der Waals surface area contributed by atoms with E-state index < -0.39 is 11.6 Å². The maximum Gasteiger partial charge on any atom is 0.217 e. The molecule has 1 amide bonds. The van der Waals surface area contributed by atoms with Crippen molar-refractivity contribution < 1.29 is 13.6 Å². The lowest BCUT2D eigenvalue weighted by Gasteiger charge is -2.36. The molecule has 2 N–H and O–H groups in total. The van der Waals surface area contributed by atoms with Gasteiger partial charge < -0.3 is 5.73 Å². The molecule has 1 aromatic rings. The van der Waals surface area contributed by atoms with Crippen molar-refractivity contribution in [2.24, 2.45) is 11.7 Å². The second kappa shape index (κ2) is 6.31. The number of amides is 1. The zero-order valence-corrected chi connectivity index (χ0v) is 11.6. The summed E-state index contributed by atoms with van der Waals surface area (Å²) in [7, 11) is 0. The molecule has 1 aromatic carbocycles. The molecule has 0 bridgehead atoms. The van der Waals surface area contributed by atoms with E-state index in [9.17, 15) is 13.6 Å². The van der Waals surface area contributed by atoms with Gasteiger partial charge in [0, 0.05) is 24.1 Å². The predicted octanol–water partition coefficient (Wildman–Crippen LogP) is 2.61. The fourth-order valence-electron chi connectivity index (χ4n) is 2.87.